The minimum absolute atomic E-state index is 0.0480. The molecule has 2 aliphatic rings. The summed E-state index contributed by atoms with van der Waals surface area (Å²) in [7, 11) is -2.45. The number of para-hydroxylation sites is 1. The number of rotatable bonds is 2. The Kier molecular flexibility index (Phi) is 3.68. The minimum Gasteiger partial charge on any atom is -0.314 e. The molecule has 0 aliphatic carbocycles. The minimum atomic E-state index is -4.11. The molecular weight excluding hydrogens is 362 g/mol. The van der Waals surface area contributed by atoms with Crippen molar-refractivity contribution in [1.29, 1.82) is 0 Å². The SMILES string of the molecule is CN1C(=O)C2(CCN(S(=O)(=O)c3cc(F)cc(F)c3)C2)c2ccccc21. The Morgan fingerprint density at radius 1 is 1.08 bits per heavy atom. The zero-order chi connectivity index (χ0) is 18.7. The third-order valence-electron chi connectivity index (χ3n) is 5.20. The van der Waals surface area contributed by atoms with Crippen LogP contribution >= 0.6 is 0 Å². The number of likely N-dealkylation sites (N-methyl/N-ethyl adjacent to an activating group) is 1. The van der Waals surface area contributed by atoms with E-state index < -0.39 is 32.0 Å². The first-order chi connectivity index (χ1) is 12.3. The second kappa shape index (κ2) is 5.59. The molecule has 0 N–H and O–H groups in total. The van der Waals surface area contributed by atoms with Crippen molar-refractivity contribution in [3.8, 4) is 0 Å². The number of anilines is 1. The first-order valence-corrected chi connectivity index (χ1v) is 9.54. The van der Waals surface area contributed by atoms with Gasteiger partial charge in [0, 0.05) is 31.9 Å². The first-order valence-electron chi connectivity index (χ1n) is 8.10. The molecule has 0 radical (unpaired) electrons. The molecule has 0 aromatic heterocycles. The molecule has 2 aromatic rings. The van der Waals surface area contributed by atoms with Gasteiger partial charge in [0.2, 0.25) is 15.9 Å². The highest BCUT2D eigenvalue weighted by molar-refractivity contribution is 7.89. The summed E-state index contributed by atoms with van der Waals surface area (Å²) >= 11 is 0. The van der Waals surface area contributed by atoms with Gasteiger partial charge in [0.05, 0.1) is 10.3 Å². The summed E-state index contributed by atoms with van der Waals surface area (Å²) in [5.41, 5.74) is 0.591. The van der Waals surface area contributed by atoms with Gasteiger partial charge in [-0.2, -0.15) is 4.31 Å². The van der Waals surface area contributed by atoms with E-state index in [1.165, 1.54) is 4.90 Å². The van der Waals surface area contributed by atoms with E-state index in [2.05, 4.69) is 0 Å². The van der Waals surface area contributed by atoms with Crippen molar-refractivity contribution in [2.45, 2.75) is 16.7 Å². The number of hydrogen-bond donors (Lipinski definition) is 0. The predicted molar refractivity (Wildman–Crippen MR) is 91.3 cm³/mol. The van der Waals surface area contributed by atoms with Crippen molar-refractivity contribution in [3.05, 3.63) is 59.7 Å². The standard InChI is InChI=1S/C18H16F2N2O3S/c1-21-16-5-3-2-4-15(16)18(17(21)23)6-7-22(11-18)26(24,25)14-9-12(19)8-13(20)10-14/h2-5,8-10H,6-7,11H2,1H3. The maximum atomic E-state index is 13.5. The monoisotopic (exact) mass is 378 g/mol. The summed E-state index contributed by atoms with van der Waals surface area (Å²) in [6.45, 7) is 0.0576. The van der Waals surface area contributed by atoms with E-state index in [4.69, 9.17) is 0 Å². The average Bonchev–Trinajstić information content (AvgIpc) is 3.13. The summed E-state index contributed by atoms with van der Waals surface area (Å²) in [4.78, 5) is 14.0. The van der Waals surface area contributed by atoms with Crippen LogP contribution in [-0.4, -0.2) is 38.8 Å². The Morgan fingerprint density at radius 2 is 1.73 bits per heavy atom. The molecular formula is C18H16F2N2O3S. The Morgan fingerprint density at radius 3 is 2.42 bits per heavy atom. The molecule has 26 heavy (non-hydrogen) atoms. The Balaban J connectivity index is 1.74. The highest BCUT2D eigenvalue weighted by Gasteiger charge is 2.55. The maximum absolute atomic E-state index is 13.5. The molecule has 1 fully saturated rings. The van der Waals surface area contributed by atoms with Crippen molar-refractivity contribution < 1.29 is 22.0 Å². The smallest absolute Gasteiger partial charge is 0.243 e. The molecule has 1 spiro atoms. The van der Waals surface area contributed by atoms with Crippen molar-refractivity contribution in [3.63, 3.8) is 0 Å². The fourth-order valence-electron chi connectivity index (χ4n) is 3.92. The number of fused-ring (bicyclic) bond motifs is 2. The topological polar surface area (TPSA) is 57.7 Å². The van der Waals surface area contributed by atoms with Crippen LogP contribution in [0.25, 0.3) is 0 Å². The number of hydrogen-bond acceptors (Lipinski definition) is 3. The second-order valence-corrected chi connectivity index (χ2v) is 8.60. The number of carbonyl (C=O) groups is 1. The lowest BCUT2D eigenvalue weighted by Gasteiger charge is -2.23. The Hall–Kier alpha value is -2.32. The van der Waals surface area contributed by atoms with Crippen LogP contribution in [0.2, 0.25) is 0 Å². The van der Waals surface area contributed by atoms with E-state index >= 15 is 0 Å². The molecule has 136 valence electrons. The number of carbonyl (C=O) groups excluding carboxylic acids is 1. The molecule has 4 rings (SSSR count). The zero-order valence-corrected chi connectivity index (χ0v) is 14.8. The van der Waals surface area contributed by atoms with Crippen LogP contribution in [-0.2, 0) is 20.2 Å². The van der Waals surface area contributed by atoms with Gasteiger partial charge in [0.25, 0.3) is 0 Å². The van der Waals surface area contributed by atoms with Gasteiger partial charge in [-0.3, -0.25) is 4.79 Å². The van der Waals surface area contributed by atoms with Gasteiger partial charge in [-0.15, -0.1) is 0 Å². The summed E-state index contributed by atoms with van der Waals surface area (Å²) in [5.74, 6) is -2.08. The molecule has 0 bridgehead atoms. The van der Waals surface area contributed by atoms with E-state index in [1.807, 2.05) is 24.3 Å². The third-order valence-corrected chi connectivity index (χ3v) is 7.03. The Bertz CT molecular complexity index is 1000. The Labute approximate surface area is 149 Å². The molecule has 5 nitrogen and oxygen atoms in total. The second-order valence-electron chi connectivity index (χ2n) is 6.66. The average molecular weight is 378 g/mol. The largest absolute Gasteiger partial charge is 0.314 e. The lowest BCUT2D eigenvalue weighted by atomic mass is 9.81. The van der Waals surface area contributed by atoms with E-state index in [-0.39, 0.29) is 19.0 Å². The number of halogens is 2. The fourth-order valence-corrected chi connectivity index (χ4v) is 5.46. The summed E-state index contributed by atoms with van der Waals surface area (Å²) in [5, 5.41) is 0. The van der Waals surface area contributed by atoms with Gasteiger partial charge in [-0.05, 0) is 30.2 Å². The van der Waals surface area contributed by atoms with Crippen LogP contribution in [0, 0.1) is 11.6 Å². The normalized spacial score (nSPS) is 23.0. The quantitative estimate of drug-likeness (QED) is 0.806. The molecule has 1 saturated heterocycles. The van der Waals surface area contributed by atoms with Gasteiger partial charge in [0.1, 0.15) is 11.6 Å². The first kappa shape index (κ1) is 17.1. The van der Waals surface area contributed by atoms with Gasteiger partial charge in [-0.1, -0.05) is 18.2 Å². The number of sulfonamides is 1. The molecule has 1 atom stereocenters. The number of benzene rings is 2. The van der Waals surface area contributed by atoms with Crippen LogP contribution < -0.4 is 4.90 Å². The predicted octanol–water partition coefficient (Wildman–Crippen LogP) is 2.27. The summed E-state index contributed by atoms with van der Waals surface area (Å²) in [6.07, 6.45) is 0.324. The lowest BCUT2D eigenvalue weighted by Crippen LogP contribution is -2.42. The van der Waals surface area contributed by atoms with Gasteiger partial charge in [-0.25, -0.2) is 17.2 Å². The molecule has 1 amide bonds. The zero-order valence-electron chi connectivity index (χ0n) is 13.9. The fraction of sp³-hybridized carbons (Fsp3) is 0.278. The van der Waals surface area contributed by atoms with Crippen LogP contribution in [0.1, 0.15) is 12.0 Å². The van der Waals surface area contributed by atoms with Gasteiger partial charge < -0.3 is 4.90 Å². The molecule has 1 unspecified atom stereocenters. The molecule has 2 aliphatic heterocycles. The highest BCUT2D eigenvalue weighted by Crippen LogP contribution is 2.47. The van der Waals surface area contributed by atoms with Crippen molar-refractivity contribution in [2.75, 3.05) is 25.0 Å². The molecule has 2 aromatic carbocycles. The summed E-state index contributed by atoms with van der Waals surface area (Å²) in [6, 6.07) is 9.48. The van der Waals surface area contributed by atoms with Crippen LogP contribution in [0.3, 0.4) is 0 Å². The van der Waals surface area contributed by atoms with Gasteiger partial charge >= 0.3 is 0 Å². The van der Waals surface area contributed by atoms with E-state index in [9.17, 15) is 22.0 Å². The van der Waals surface area contributed by atoms with Crippen molar-refractivity contribution in [2.24, 2.45) is 0 Å². The lowest BCUT2D eigenvalue weighted by molar-refractivity contribution is -0.122. The number of amides is 1. The van der Waals surface area contributed by atoms with E-state index in [1.54, 1.807) is 7.05 Å². The van der Waals surface area contributed by atoms with Gasteiger partial charge in [0.15, 0.2) is 0 Å². The van der Waals surface area contributed by atoms with E-state index in [0.717, 1.165) is 27.7 Å². The molecule has 2 heterocycles. The maximum Gasteiger partial charge on any atom is 0.243 e. The van der Waals surface area contributed by atoms with Crippen LogP contribution in [0.5, 0.6) is 0 Å². The van der Waals surface area contributed by atoms with E-state index in [0.29, 0.717) is 12.5 Å². The van der Waals surface area contributed by atoms with Crippen molar-refractivity contribution >= 4 is 21.6 Å². The van der Waals surface area contributed by atoms with Crippen molar-refractivity contribution in [1.82, 2.24) is 4.31 Å². The van der Waals surface area contributed by atoms with Crippen LogP contribution in [0.4, 0.5) is 14.5 Å². The molecule has 8 heteroatoms. The number of nitrogens with zero attached hydrogens (tertiary/aromatic N) is 2. The summed E-state index contributed by atoms with van der Waals surface area (Å²) < 4.78 is 53.8. The molecule has 0 saturated carbocycles. The van der Waals surface area contributed by atoms with Crippen LogP contribution in [0.15, 0.2) is 47.4 Å². The third kappa shape index (κ3) is 2.29. The highest BCUT2D eigenvalue weighted by atomic mass is 32.2.